The highest BCUT2D eigenvalue weighted by Crippen LogP contribution is 2.40. The molecule has 0 aliphatic carbocycles. The molecule has 3 N–H and O–H groups in total. The Labute approximate surface area is 188 Å². The first-order chi connectivity index (χ1) is 15.4. The molecule has 0 bridgehead atoms. The fourth-order valence-electron chi connectivity index (χ4n) is 5.24. The number of nitrogens with zero attached hydrogens (tertiary/aromatic N) is 5. The van der Waals surface area contributed by atoms with Crippen molar-refractivity contribution >= 4 is 22.3 Å². The van der Waals surface area contributed by atoms with Crippen molar-refractivity contribution in [3.63, 3.8) is 0 Å². The first kappa shape index (κ1) is 20.7. The third-order valence-electron chi connectivity index (χ3n) is 7.35. The highest BCUT2D eigenvalue weighted by molar-refractivity contribution is 5.95. The minimum atomic E-state index is -0.494. The quantitative estimate of drug-likeness (QED) is 0.616. The molecule has 32 heavy (non-hydrogen) atoms. The van der Waals surface area contributed by atoms with Crippen LogP contribution in [0.4, 0.5) is 11.5 Å². The zero-order valence-electron chi connectivity index (χ0n) is 18.9. The Bertz CT molecular complexity index is 1220. The number of rotatable bonds is 4. The van der Waals surface area contributed by atoms with Gasteiger partial charge >= 0.3 is 0 Å². The number of nitriles is 1. The molecule has 2 fully saturated rings. The van der Waals surface area contributed by atoms with Crippen LogP contribution in [0.15, 0.2) is 36.4 Å². The number of nitrogens with two attached hydrogens (primary N) is 1. The van der Waals surface area contributed by atoms with Crippen molar-refractivity contribution in [2.45, 2.75) is 38.4 Å². The van der Waals surface area contributed by atoms with E-state index >= 15 is 0 Å². The van der Waals surface area contributed by atoms with Crippen molar-refractivity contribution in [2.75, 3.05) is 36.9 Å². The van der Waals surface area contributed by atoms with E-state index in [0.717, 1.165) is 40.7 Å². The Balaban J connectivity index is 1.45. The minimum absolute atomic E-state index is 0.341. The number of hydrogen-bond acceptors (Lipinski definition) is 7. The van der Waals surface area contributed by atoms with E-state index in [1.807, 2.05) is 26.0 Å². The normalized spacial score (nSPS) is 18.5. The van der Waals surface area contributed by atoms with Crippen LogP contribution in [0, 0.1) is 25.2 Å². The van der Waals surface area contributed by atoms with Crippen LogP contribution in [-0.4, -0.2) is 47.3 Å². The molecule has 0 radical (unpaired) electrons. The molecule has 0 saturated carbocycles. The first-order valence-corrected chi connectivity index (χ1v) is 11.2. The number of benzene rings is 2. The molecule has 3 aromatic rings. The highest BCUT2D eigenvalue weighted by atomic mass is 15.4. The van der Waals surface area contributed by atoms with Gasteiger partial charge in [0, 0.05) is 29.5 Å². The van der Waals surface area contributed by atoms with Crippen molar-refractivity contribution < 1.29 is 0 Å². The van der Waals surface area contributed by atoms with Gasteiger partial charge in [0.25, 0.3) is 0 Å². The molecule has 0 unspecified atom stereocenters. The summed E-state index contributed by atoms with van der Waals surface area (Å²) in [6.45, 7) is 7.22. The smallest absolute Gasteiger partial charge is 0.158 e. The zero-order chi connectivity index (χ0) is 22.5. The third kappa shape index (κ3) is 3.27. The Kier molecular flexibility index (Phi) is 5.00. The molecule has 0 amide bonds. The van der Waals surface area contributed by atoms with Crippen LogP contribution < -0.4 is 16.0 Å². The van der Waals surface area contributed by atoms with Gasteiger partial charge in [-0.2, -0.15) is 10.4 Å². The third-order valence-corrected chi connectivity index (χ3v) is 7.35. The molecule has 2 saturated heterocycles. The lowest BCUT2D eigenvalue weighted by molar-refractivity contribution is 0.133. The average molecular weight is 428 g/mol. The van der Waals surface area contributed by atoms with Crippen LogP contribution in [-0.2, 0) is 0 Å². The van der Waals surface area contributed by atoms with E-state index in [1.54, 1.807) is 6.07 Å². The topological polar surface area (TPSA) is 94.1 Å². The van der Waals surface area contributed by atoms with E-state index in [-0.39, 0.29) is 0 Å². The number of likely N-dealkylation sites (tertiary alicyclic amines) is 1. The van der Waals surface area contributed by atoms with Crippen LogP contribution in [0.25, 0.3) is 10.8 Å². The zero-order valence-corrected chi connectivity index (χ0v) is 18.9. The molecule has 7 nitrogen and oxygen atoms in total. The summed E-state index contributed by atoms with van der Waals surface area (Å²) in [4.78, 5) is 4.96. The second kappa shape index (κ2) is 7.73. The average Bonchev–Trinajstić information content (AvgIpc) is 3.16. The highest BCUT2D eigenvalue weighted by Gasteiger charge is 2.48. The second-order valence-corrected chi connectivity index (χ2v) is 9.22. The summed E-state index contributed by atoms with van der Waals surface area (Å²) in [6.07, 6.45) is 2.07. The molecule has 2 aliphatic rings. The van der Waals surface area contributed by atoms with Crippen LogP contribution in [0.5, 0.6) is 0 Å². The molecule has 164 valence electrons. The molecule has 5 rings (SSSR count). The molecular weight excluding hydrogens is 398 g/mol. The van der Waals surface area contributed by atoms with Gasteiger partial charge in [0.1, 0.15) is 6.17 Å². The summed E-state index contributed by atoms with van der Waals surface area (Å²) in [6, 6.07) is 14.4. The van der Waals surface area contributed by atoms with Gasteiger partial charge in [-0.15, -0.1) is 5.10 Å². The molecule has 1 aromatic heterocycles. The van der Waals surface area contributed by atoms with E-state index in [0.29, 0.717) is 16.9 Å². The lowest BCUT2D eigenvalue weighted by Gasteiger charge is -2.53. The lowest BCUT2D eigenvalue weighted by Crippen LogP contribution is -2.67. The van der Waals surface area contributed by atoms with Gasteiger partial charge < -0.3 is 16.0 Å². The summed E-state index contributed by atoms with van der Waals surface area (Å²) < 4.78 is 0. The van der Waals surface area contributed by atoms with Crippen molar-refractivity contribution in [3.8, 4) is 6.07 Å². The van der Waals surface area contributed by atoms with Gasteiger partial charge in [0.15, 0.2) is 5.82 Å². The monoisotopic (exact) mass is 427 g/mol. The summed E-state index contributed by atoms with van der Waals surface area (Å²) in [5, 5.41) is 23.6. The Hall–Kier alpha value is -3.21. The van der Waals surface area contributed by atoms with E-state index < -0.39 is 6.17 Å². The maximum absolute atomic E-state index is 9.35. The standard InChI is InChI=1S/C25H29N7/c1-16-18(13-26)6-4-7-20(16)23(27)28-24-22-12-19(8-9-21(22)17(2)29-30-24)32-14-25(15-32)10-5-11-31(25)3/h4,6-9,12,23H,5,10-11,14-15,27H2,1-3H3,(H,28,30)/t23-/m0/s1. The number of aromatic nitrogens is 2. The number of aryl methyl sites for hydroxylation is 1. The van der Waals surface area contributed by atoms with Crippen LogP contribution in [0.2, 0.25) is 0 Å². The molecule has 1 spiro atoms. The predicted octanol–water partition coefficient (Wildman–Crippen LogP) is 3.47. The molecule has 1 atom stereocenters. The van der Waals surface area contributed by atoms with E-state index in [4.69, 9.17) is 5.73 Å². The fraction of sp³-hybridized carbons (Fsp3) is 0.400. The van der Waals surface area contributed by atoms with Crippen molar-refractivity contribution in [3.05, 3.63) is 58.8 Å². The van der Waals surface area contributed by atoms with E-state index in [9.17, 15) is 5.26 Å². The minimum Gasteiger partial charge on any atom is -0.368 e. The maximum Gasteiger partial charge on any atom is 0.158 e. The summed E-state index contributed by atoms with van der Waals surface area (Å²) >= 11 is 0. The number of anilines is 2. The number of fused-ring (bicyclic) bond motifs is 1. The van der Waals surface area contributed by atoms with Crippen LogP contribution in [0.3, 0.4) is 0 Å². The summed E-state index contributed by atoms with van der Waals surface area (Å²) in [5.74, 6) is 0.662. The Morgan fingerprint density at radius 3 is 2.69 bits per heavy atom. The predicted molar refractivity (Wildman–Crippen MR) is 128 cm³/mol. The number of nitrogens with one attached hydrogen (secondary N) is 1. The first-order valence-electron chi connectivity index (χ1n) is 11.2. The maximum atomic E-state index is 9.35. The van der Waals surface area contributed by atoms with Gasteiger partial charge in [-0.05, 0) is 69.6 Å². The van der Waals surface area contributed by atoms with E-state index in [2.05, 4.69) is 56.6 Å². The summed E-state index contributed by atoms with van der Waals surface area (Å²) in [7, 11) is 2.25. The number of hydrogen-bond donors (Lipinski definition) is 2. The van der Waals surface area contributed by atoms with Gasteiger partial charge in [0.05, 0.1) is 22.9 Å². The van der Waals surface area contributed by atoms with E-state index in [1.165, 1.54) is 25.1 Å². The fourth-order valence-corrected chi connectivity index (χ4v) is 5.24. The van der Waals surface area contributed by atoms with Crippen molar-refractivity contribution in [1.29, 1.82) is 5.26 Å². The van der Waals surface area contributed by atoms with Gasteiger partial charge in [-0.1, -0.05) is 18.2 Å². The number of likely N-dealkylation sites (N-methyl/N-ethyl adjacent to an activating group) is 1. The van der Waals surface area contributed by atoms with Crippen LogP contribution in [0.1, 0.15) is 41.4 Å². The SMILES string of the molecule is Cc1c(C#N)cccc1[C@@H](N)Nc1nnc(C)c2ccc(N3CC4(CCCN4C)C3)cc12. The molecule has 7 heteroatoms. The lowest BCUT2D eigenvalue weighted by atomic mass is 9.86. The van der Waals surface area contributed by atoms with Crippen molar-refractivity contribution in [1.82, 2.24) is 15.1 Å². The molecule has 3 heterocycles. The molecule has 2 aliphatic heterocycles. The molecule has 2 aromatic carbocycles. The largest absolute Gasteiger partial charge is 0.368 e. The summed E-state index contributed by atoms with van der Waals surface area (Å²) in [5.41, 5.74) is 11.3. The van der Waals surface area contributed by atoms with Gasteiger partial charge in [-0.3, -0.25) is 4.90 Å². The molecular formula is C25H29N7. The van der Waals surface area contributed by atoms with Gasteiger partial charge in [-0.25, -0.2) is 0 Å². The van der Waals surface area contributed by atoms with Gasteiger partial charge in [0.2, 0.25) is 0 Å². The van der Waals surface area contributed by atoms with Crippen molar-refractivity contribution in [2.24, 2.45) is 5.73 Å². The Morgan fingerprint density at radius 1 is 1.16 bits per heavy atom. The Morgan fingerprint density at radius 2 is 1.97 bits per heavy atom. The second-order valence-electron chi connectivity index (χ2n) is 9.22. The van der Waals surface area contributed by atoms with Crippen LogP contribution >= 0.6 is 0 Å².